The van der Waals surface area contributed by atoms with Gasteiger partial charge in [-0.25, -0.2) is 0 Å². The van der Waals surface area contributed by atoms with Gasteiger partial charge in [0.25, 0.3) is 11.8 Å². The molecule has 0 fully saturated rings. The van der Waals surface area contributed by atoms with Crippen LogP contribution < -0.4 is 34.5 Å². The summed E-state index contributed by atoms with van der Waals surface area (Å²) in [6.45, 7) is 2.31. The number of ether oxygens (including phenoxy) is 5. The first-order chi connectivity index (χ1) is 14.0. The first kappa shape index (κ1) is 21.7. The largest absolute Gasteiger partial charge is 0.496 e. The molecule has 0 radical (unpaired) electrons. The Morgan fingerprint density at radius 2 is 1.28 bits per heavy atom. The molecule has 0 saturated carbocycles. The van der Waals surface area contributed by atoms with Crippen LogP contribution in [0.5, 0.6) is 28.7 Å². The Morgan fingerprint density at radius 1 is 0.724 bits per heavy atom. The van der Waals surface area contributed by atoms with Gasteiger partial charge in [-0.05, 0) is 25.1 Å². The van der Waals surface area contributed by atoms with Crippen LogP contribution in [-0.2, 0) is 0 Å². The van der Waals surface area contributed by atoms with Crippen molar-refractivity contribution in [2.24, 2.45) is 0 Å². The number of amides is 2. The second kappa shape index (κ2) is 10.1. The highest BCUT2D eigenvalue weighted by molar-refractivity contribution is 6.01. The lowest BCUT2D eigenvalue weighted by atomic mass is 10.1. The minimum atomic E-state index is -0.589. The Kier molecular flexibility index (Phi) is 7.53. The molecule has 0 aromatic heterocycles. The number of benzene rings is 2. The molecule has 9 nitrogen and oxygen atoms in total. The van der Waals surface area contributed by atoms with Crippen LogP contribution in [0.1, 0.15) is 27.6 Å². The van der Waals surface area contributed by atoms with Crippen molar-refractivity contribution < 1.29 is 33.3 Å². The summed E-state index contributed by atoms with van der Waals surface area (Å²) < 4.78 is 26.3. The van der Waals surface area contributed by atoms with E-state index in [0.717, 1.165) is 0 Å². The van der Waals surface area contributed by atoms with Gasteiger partial charge in [-0.1, -0.05) is 0 Å². The number of carbonyl (C=O) groups excluding carboxylic acids is 2. The zero-order valence-corrected chi connectivity index (χ0v) is 17.0. The summed E-state index contributed by atoms with van der Waals surface area (Å²) in [5.74, 6) is 0.829. The number of methoxy groups -OCH3 is 4. The lowest BCUT2D eigenvalue weighted by molar-refractivity contribution is 0.0844. The Hall–Kier alpha value is -3.62. The normalized spacial score (nSPS) is 9.97. The fourth-order valence-corrected chi connectivity index (χ4v) is 2.54. The molecule has 2 N–H and O–H groups in total. The van der Waals surface area contributed by atoms with Gasteiger partial charge in [0.15, 0.2) is 23.0 Å². The van der Waals surface area contributed by atoms with E-state index >= 15 is 0 Å². The van der Waals surface area contributed by atoms with E-state index in [-0.39, 0.29) is 16.9 Å². The Bertz CT molecular complexity index is 883. The monoisotopic (exact) mass is 404 g/mol. The molecular weight excluding hydrogens is 380 g/mol. The van der Waals surface area contributed by atoms with Gasteiger partial charge in [-0.2, -0.15) is 0 Å². The standard InChI is InChI=1S/C20H24N2O7/c1-6-29-14-8-7-12(9-16(14)26-3)19(23)21-22-20(24)13-10-17(27-4)18(28-5)11-15(13)25-2/h7-11H,6H2,1-5H3,(H,21,23)(H,22,24). The summed E-state index contributed by atoms with van der Waals surface area (Å²) in [5, 5.41) is 0. The van der Waals surface area contributed by atoms with E-state index in [1.165, 1.54) is 46.6 Å². The van der Waals surface area contributed by atoms with Crippen molar-refractivity contribution in [3.63, 3.8) is 0 Å². The number of hydrazine groups is 1. The maximum absolute atomic E-state index is 12.5. The summed E-state index contributed by atoms with van der Waals surface area (Å²) in [5.41, 5.74) is 5.15. The molecule has 0 atom stereocenters. The molecule has 0 aliphatic rings. The maximum Gasteiger partial charge on any atom is 0.273 e. The third kappa shape index (κ3) is 5.01. The summed E-state index contributed by atoms with van der Waals surface area (Å²) in [7, 11) is 5.82. The molecule has 2 aromatic carbocycles. The van der Waals surface area contributed by atoms with Crippen LogP contribution in [0.4, 0.5) is 0 Å². The van der Waals surface area contributed by atoms with Crippen molar-refractivity contribution >= 4 is 11.8 Å². The van der Waals surface area contributed by atoms with Crippen LogP contribution in [0.2, 0.25) is 0 Å². The molecule has 2 amide bonds. The van der Waals surface area contributed by atoms with Gasteiger partial charge >= 0.3 is 0 Å². The lowest BCUT2D eigenvalue weighted by Gasteiger charge is -2.15. The molecule has 0 unspecified atom stereocenters. The first-order valence-electron chi connectivity index (χ1n) is 8.70. The lowest BCUT2D eigenvalue weighted by Crippen LogP contribution is -2.41. The summed E-state index contributed by atoms with van der Waals surface area (Å²) in [6, 6.07) is 7.68. The van der Waals surface area contributed by atoms with Gasteiger partial charge in [-0.3, -0.25) is 20.4 Å². The predicted octanol–water partition coefficient (Wildman–Crippen LogP) is 2.19. The third-order valence-corrected chi connectivity index (χ3v) is 3.97. The highest BCUT2D eigenvalue weighted by Gasteiger charge is 2.19. The average molecular weight is 404 g/mol. The summed E-state index contributed by atoms with van der Waals surface area (Å²) in [6.07, 6.45) is 0. The molecule has 9 heteroatoms. The molecule has 2 aromatic rings. The third-order valence-electron chi connectivity index (χ3n) is 3.97. The van der Waals surface area contributed by atoms with E-state index in [1.54, 1.807) is 12.1 Å². The molecule has 156 valence electrons. The minimum absolute atomic E-state index is 0.162. The Labute approximate surface area is 168 Å². The molecule has 0 aliphatic carbocycles. The van der Waals surface area contributed by atoms with Crippen LogP contribution in [0.15, 0.2) is 30.3 Å². The number of hydrogen-bond donors (Lipinski definition) is 2. The van der Waals surface area contributed by atoms with Crippen LogP contribution in [0.3, 0.4) is 0 Å². The quantitative estimate of drug-likeness (QED) is 0.650. The Balaban J connectivity index is 2.15. The molecular formula is C20H24N2O7. The van der Waals surface area contributed by atoms with E-state index in [1.807, 2.05) is 6.92 Å². The van der Waals surface area contributed by atoms with Gasteiger partial charge < -0.3 is 23.7 Å². The summed E-state index contributed by atoms with van der Waals surface area (Å²) >= 11 is 0. The molecule has 0 aliphatic heterocycles. The molecule has 2 rings (SSSR count). The van der Waals surface area contributed by atoms with Crippen molar-refractivity contribution in [3.8, 4) is 28.7 Å². The fraction of sp³-hybridized carbons (Fsp3) is 0.300. The Morgan fingerprint density at radius 3 is 1.86 bits per heavy atom. The second-order valence-electron chi connectivity index (χ2n) is 5.61. The smallest absolute Gasteiger partial charge is 0.273 e. The number of hydrogen-bond acceptors (Lipinski definition) is 7. The van der Waals surface area contributed by atoms with Gasteiger partial charge in [0.05, 0.1) is 40.6 Å². The number of rotatable bonds is 8. The van der Waals surface area contributed by atoms with Crippen molar-refractivity contribution in [2.75, 3.05) is 35.0 Å². The van der Waals surface area contributed by atoms with E-state index in [0.29, 0.717) is 29.6 Å². The van der Waals surface area contributed by atoms with Crippen LogP contribution in [0.25, 0.3) is 0 Å². The molecule has 0 spiro atoms. The predicted molar refractivity (Wildman–Crippen MR) is 105 cm³/mol. The topological polar surface area (TPSA) is 104 Å². The van der Waals surface area contributed by atoms with E-state index < -0.39 is 11.8 Å². The molecule has 0 bridgehead atoms. The molecule has 0 saturated heterocycles. The fourth-order valence-electron chi connectivity index (χ4n) is 2.54. The van der Waals surface area contributed by atoms with Gasteiger partial charge in [0.1, 0.15) is 5.75 Å². The van der Waals surface area contributed by atoms with Crippen molar-refractivity contribution in [1.82, 2.24) is 10.9 Å². The minimum Gasteiger partial charge on any atom is -0.496 e. The number of nitrogens with one attached hydrogen (secondary N) is 2. The zero-order chi connectivity index (χ0) is 21.4. The van der Waals surface area contributed by atoms with Crippen LogP contribution in [0, 0.1) is 0 Å². The van der Waals surface area contributed by atoms with Gasteiger partial charge in [-0.15, -0.1) is 0 Å². The molecule has 0 heterocycles. The van der Waals surface area contributed by atoms with Crippen LogP contribution >= 0.6 is 0 Å². The van der Waals surface area contributed by atoms with E-state index in [4.69, 9.17) is 23.7 Å². The second-order valence-corrected chi connectivity index (χ2v) is 5.61. The van der Waals surface area contributed by atoms with Gasteiger partial charge in [0, 0.05) is 17.7 Å². The SMILES string of the molecule is CCOc1ccc(C(=O)NNC(=O)c2cc(OC)c(OC)cc2OC)cc1OC. The van der Waals surface area contributed by atoms with Crippen molar-refractivity contribution in [2.45, 2.75) is 6.92 Å². The number of carbonyl (C=O) groups is 2. The highest BCUT2D eigenvalue weighted by Crippen LogP contribution is 2.34. The molecule has 29 heavy (non-hydrogen) atoms. The highest BCUT2D eigenvalue weighted by atomic mass is 16.5. The maximum atomic E-state index is 12.5. The average Bonchev–Trinajstić information content (AvgIpc) is 2.76. The van der Waals surface area contributed by atoms with Crippen molar-refractivity contribution in [3.05, 3.63) is 41.5 Å². The van der Waals surface area contributed by atoms with Gasteiger partial charge in [0.2, 0.25) is 0 Å². The van der Waals surface area contributed by atoms with E-state index in [2.05, 4.69) is 10.9 Å². The van der Waals surface area contributed by atoms with Crippen molar-refractivity contribution in [1.29, 1.82) is 0 Å². The zero-order valence-electron chi connectivity index (χ0n) is 17.0. The van der Waals surface area contributed by atoms with E-state index in [9.17, 15) is 9.59 Å². The summed E-state index contributed by atoms with van der Waals surface area (Å²) in [4.78, 5) is 24.9. The van der Waals surface area contributed by atoms with Crippen LogP contribution in [-0.4, -0.2) is 46.9 Å². The first-order valence-corrected chi connectivity index (χ1v) is 8.70.